The van der Waals surface area contributed by atoms with Crippen LogP contribution in [0.25, 0.3) is 0 Å². The number of benzene rings is 2. The van der Waals surface area contributed by atoms with E-state index in [2.05, 4.69) is 36.3 Å². The summed E-state index contributed by atoms with van der Waals surface area (Å²) in [4.78, 5) is 17.5. The number of anilines is 1. The van der Waals surface area contributed by atoms with Crippen LogP contribution < -0.4 is 10.1 Å². The Morgan fingerprint density at radius 2 is 1.93 bits per heavy atom. The van der Waals surface area contributed by atoms with Gasteiger partial charge in [-0.3, -0.25) is 4.98 Å². The number of aromatic nitrogens is 1. The number of aryl methyl sites for hydroxylation is 1. The van der Waals surface area contributed by atoms with Crippen molar-refractivity contribution in [1.82, 2.24) is 4.98 Å². The van der Waals surface area contributed by atoms with Gasteiger partial charge in [-0.25, -0.2) is 4.79 Å². The zero-order valence-corrected chi connectivity index (χ0v) is 26.9. The third kappa shape index (κ3) is 5.83. The second kappa shape index (κ2) is 12.4. The van der Waals surface area contributed by atoms with E-state index in [1.165, 1.54) is 35.2 Å². The first kappa shape index (κ1) is 30.9. The molecule has 234 valence electrons. The number of carboxylic acids is 1. The number of carbonyl (C=O) groups is 1. The van der Waals surface area contributed by atoms with Crippen LogP contribution in [0, 0.1) is 11.8 Å². The second-order valence-electron chi connectivity index (χ2n) is 13.8. The van der Waals surface area contributed by atoms with Crippen LogP contribution in [0.2, 0.25) is 5.02 Å². The standard InChI is InChI=1S/C37H45ClN2O4/c1-23(22-44-33-12-17-39-32-9-4-6-24(2)34(32)33)18-28-19-27-11-10-26(25(3)41)20-31(27)36(28)13-15-37(16-14-36,35(42)43)40-30-8-5-7-29(38)21-30/h5,7-8,10-12,17,20-21,23-25,28,40-41H,4,6,9,13-16,18-19,22H2,1-3H3,(H,42,43)/t23-,24-,25-,28+,36?,37?/m1/s1. The fourth-order valence-electron chi connectivity index (χ4n) is 8.38. The highest BCUT2D eigenvalue weighted by Gasteiger charge is 2.54. The summed E-state index contributed by atoms with van der Waals surface area (Å²) in [6.45, 7) is 7.00. The van der Waals surface area contributed by atoms with Crippen LogP contribution in [0.5, 0.6) is 5.75 Å². The number of aliphatic carboxylic acids is 1. The monoisotopic (exact) mass is 616 g/mol. The van der Waals surface area contributed by atoms with Gasteiger partial charge in [-0.05, 0) is 129 Å². The Kier molecular flexibility index (Phi) is 8.69. The van der Waals surface area contributed by atoms with E-state index in [4.69, 9.17) is 16.3 Å². The van der Waals surface area contributed by atoms with Crippen molar-refractivity contribution in [2.45, 2.75) is 102 Å². The average Bonchev–Trinajstić information content (AvgIpc) is 3.28. The lowest BCUT2D eigenvalue weighted by atomic mass is 9.59. The zero-order valence-electron chi connectivity index (χ0n) is 26.1. The van der Waals surface area contributed by atoms with Crippen molar-refractivity contribution < 1.29 is 19.7 Å². The summed E-state index contributed by atoms with van der Waals surface area (Å²) in [6.07, 6.45) is 9.20. The van der Waals surface area contributed by atoms with E-state index in [1.807, 2.05) is 37.4 Å². The molecule has 4 atom stereocenters. The normalized spacial score (nSPS) is 27.3. The maximum absolute atomic E-state index is 12.8. The number of hydrogen-bond acceptors (Lipinski definition) is 5. The molecule has 3 aromatic rings. The zero-order chi connectivity index (χ0) is 31.1. The number of hydrogen-bond donors (Lipinski definition) is 3. The van der Waals surface area contributed by atoms with Crippen molar-refractivity contribution in [2.24, 2.45) is 11.8 Å². The lowest BCUT2D eigenvalue weighted by Gasteiger charge is -2.47. The topological polar surface area (TPSA) is 91.7 Å². The minimum absolute atomic E-state index is 0.145. The molecule has 1 heterocycles. The minimum atomic E-state index is -1.06. The summed E-state index contributed by atoms with van der Waals surface area (Å²) in [5, 5.41) is 24.9. The molecule has 1 aromatic heterocycles. The molecule has 6 rings (SSSR count). The van der Waals surface area contributed by atoms with Crippen LogP contribution in [-0.2, 0) is 23.1 Å². The number of halogens is 1. The van der Waals surface area contributed by atoms with Crippen molar-refractivity contribution in [3.8, 4) is 5.75 Å². The Morgan fingerprint density at radius 3 is 2.66 bits per heavy atom. The molecule has 1 spiro atoms. The molecule has 6 nitrogen and oxygen atoms in total. The first-order valence-corrected chi connectivity index (χ1v) is 16.7. The highest BCUT2D eigenvalue weighted by molar-refractivity contribution is 6.30. The number of nitrogens with one attached hydrogen (secondary N) is 1. The Labute approximate surface area is 266 Å². The Hall–Kier alpha value is -3.09. The summed E-state index contributed by atoms with van der Waals surface area (Å²) in [6, 6.07) is 15.8. The van der Waals surface area contributed by atoms with Gasteiger partial charge in [-0.15, -0.1) is 0 Å². The molecule has 1 saturated carbocycles. The van der Waals surface area contributed by atoms with E-state index < -0.39 is 17.6 Å². The molecule has 7 heteroatoms. The Balaban J connectivity index is 1.24. The average molecular weight is 617 g/mol. The number of pyridine rings is 1. The number of ether oxygens (including phenoxy) is 1. The molecule has 3 aliphatic carbocycles. The van der Waals surface area contributed by atoms with Crippen LogP contribution in [0.1, 0.15) is 106 Å². The number of fused-ring (bicyclic) bond motifs is 3. The first-order valence-electron chi connectivity index (χ1n) is 16.3. The van der Waals surface area contributed by atoms with Crippen LogP contribution in [0.4, 0.5) is 5.69 Å². The van der Waals surface area contributed by atoms with Gasteiger partial charge in [-0.2, -0.15) is 0 Å². The summed E-state index contributed by atoms with van der Waals surface area (Å²) in [7, 11) is 0. The van der Waals surface area contributed by atoms with Gasteiger partial charge >= 0.3 is 5.97 Å². The van der Waals surface area contributed by atoms with E-state index in [9.17, 15) is 15.0 Å². The van der Waals surface area contributed by atoms with Gasteiger partial charge in [0, 0.05) is 28.2 Å². The van der Waals surface area contributed by atoms with Gasteiger partial charge in [0.05, 0.1) is 12.7 Å². The van der Waals surface area contributed by atoms with Crippen LogP contribution in [0.3, 0.4) is 0 Å². The molecule has 0 bridgehead atoms. The van der Waals surface area contributed by atoms with Crippen molar-refractivity contribution in [2.75, 3.05) is 11.9 Å². The molecule has 2 aromatic carbocycles. The predicted octanol–water partition coefficient (Wildman–Crippen LogP) is 8.25. The summed E-state index contributed by atoms with van der Waals surface area (Å²) < 4.78 is 6.52. The number of nitrogens with zero attached hydrogens (tertiary/aromatic N) is 1. The molecule has 0 aliphatic heterocycles. The van der Waals surface area contributed by atoms with Crippen molar-refractivity contribution in [3.05, 3.63) is 87.7 Å². The van der Waals surface area contributed by atoms with E-state index in [1.54, 1.807) is 12.1 Å². The lowest BCUT2D eigenvalue weighted by molar-refractivity contribution is -0.144. The quantitative estimate of drug-likeness (QED) is 0.224. The van der Waals surface area contributed by atoms with Gasteiger partial charge in [0.1, 0.15) is 11.3 Å². The van der Waals surface area contributed by atoms with Crippen molar-refractivity contribution in [1.29, 1.82) is 0 Å². The van der Waals surface area contributed by atoms with Gasteiger partial charge < -0.3 is 20.3 Å². The third-order valence-corrected chi connectivity index (χ3v) is 11.0. The summed E-state index contributed by atoms with van der Waals surface area (Å²) in [5.74, 6) is 1.31. The molecule has 3 N–H and O–H groups in total. The number of aliphatic hydroxyl groups is 1. The predicted molar refractivity (Wildman–Crippen MR) is 175 cm³/mol. The third-order valence-electron chi connectivity index (χ3n) is 10.8. The van der Waals surface area contributed by atoms with E-state index in [0.29, 0.717) is 42.2 Å². The van der Waals surface area contributed by atoms with Crippen LogP contribution >= 0.6 is 11.6 Å². The van der Waals surface area contributed by atoms with Gasteiger partial charge in [0.25, 0.3) is 0 Å². The molecule has 0 unspecified atom stereocenters. The van der Waals surface area contributed by atoms with Gasteiger partial charge in [-0.1, -0.05) is 49.7 Å². The van der Waals surface area contributed by atoms with Gasteiger partial charge in [0.2, 0.25) is 0 Å². The van der Waals surface area contributed by atoms with Gasteiger partial charge in [0.15, 0.2) is 0 Å². The fraction of sp³-hybridized carbons (Fsp3) is 0.514. The summed E-state index contributed by atoms with van der Waals surface area (Å²) in [5.41, 5.74) is 5.54. The Morgan fingerprint density at radius 1 is 1.14 bits per heavy atom. The molecule has 0 radical (unpaired) electrons. The molecular formula is C37H45ClN2O4. The maximum atomic E-state index is 12.8. The van der Waals surface area contributed by atoms with Crippen LogP contribution in [0.15, 0.2) is 54.7 Å². The lowest BCUT2D eigenvalue weighted by Crippen LogP contribution is -2.53. The molecule has 44 heavy (non-hydrogen) atoms. The SMILES string of the molecule is C[C@@H](COc1ccnc2c1[C@H](C)CCC2)C[C@H]1Cc2ccc([C@@H](C)O)cc2C12CCC(Nc1cccc(Cl)c1)(C(=O)O)CC2. The number of carboxylic acid groups (broad SMARTS) is 1. The fourth-order valence-corrected chi connectivity index (χ4v) is 8.57. The van der Waals surface area contributed by atoms with Crippen molar-refractivity contribution in [3.63, 3.8) is 0 Å². The second-order valence-corrected chi connectivity index (χ2v) is 14.2. The highest BCUT2D eigenvalue weighted by atomic mass is 35.5. The van der Waals surface area contributed by atoms with Crippen molar-refractivity contribution >= 4 is 23.3 Å². The maximum Gasteiger partial charge on any atom is 0.329 e. The molecule has 3 aliphatic rings. The minimum Gasteiger partial charge on any atom is -0.493 e. The van der Waals surface area contributed by atoms with E-state index >= 15 is 0 Å². The highest BCUT2D eigenvalue weighted by Crippen LogP contribution is 2.56. The van der Waals surface area contributed by atoms with Crippen LogP contribution in [-0.4, -0.2) is 33.3 Å². The summed E-state index contributed by atoms with van der Waals surface area (Å²) >= 11 is 6.24. The largest absolute Gasteiger partial charge is 0.493 e. The molecule has 0 amide bonds. The van der Waals surface area contributed by atoms with E-state index in [-0.39, 0.29) is 5.41 Å². The molecule has 1 fully saturated rings. The molecular weight excluding hydrogens is 572 g/mol. The van der Waals surface area contributed by atoms with E-state index in [0.717, 1.165) is 49.1 Å². The number of aliphatic hydroxyl groups excluding tert-OH is 1. The Bertz CT molecular complexity index is 1510. The smallest absolute Gasteiger partial charge is 0.329 e. The molecule has 0 saturated heterocycles. The number of rotatable bonds is 9. The first-order chi connectivity index (χ1) is 21.1.